The Kier molecular flexibility index (Phi) is 3.33. The van der Waals surface area contributed by atoms with Crippen LogP contribution in [0.5, 0.6) is 0 Å². The van der Waals surface area contributed by atoms with Gasteiger partial charge in [-0.25, -0.2) is 0 Å². The molecule has 1 atom stereocenters. The molecule has 0 saturated carbocycles. The Balaban J connectivity index is 2.26. The highest BCUT2D eigenvalue weighted by atomic mass is 32.2. The van der Waals surface area contributed by atoms with Crippen molar-refractivity contribution in [3.8, 4) is 0 Å². The highest BCUT2D eigenvalue weighted by molar-refractivity contribution is 8.00. The van der Waals surface area contributed by atoms with Crippen molar-refractivity contribution < 1.29 is 0 Å². The fourth-order valence-electron chi connectivity index (χ4n) is 1.24. The molecule has 0 aromatic carbocycles. The van der Waals surface area contributed by atoms with Crippen LogP contribution in [0.25, 0.3) is 0 Å². The van der Waals surface area contributed by atoms with Gasteiger partial charge in [0.15, 0.2) is 0 Å². The van der Waals surface area contributed by atoms with Crippen LogP contribution in [0.15, 0.2) is 12.2 Å². The molecular weight excluding hydrogens is 140 g/mol. The standard InChI is InChI=1S/C9H16S/c1-8(2)10-9-6-4-3-5-7-9/h4,6,8-9H,3,5,7H2,1-2H3/t9-/m1/s1. The second-order valence-corrected chi connectivity index (χ2v) is 4.90. The smallest absolute Gasteiger partial charge is 0.0229 e. The zero-order chi connectivity index (χ0) is 7.40. The maximum Gasteiger partial charge on any atom is 0.0229 e. The molecular formula is C9H16S. The minimum atomic E-state index is 0.785. The summed E-state index contributed by atoms with van der Waals surface area (Å²) in [6, 6.07) is 0. The van der Waals surface area contributed by atoms with E-state index in [-0.39, 0.29) is 0 Å². The monoisotopic (exact) mass is 156 g/mol. The van der Waals surface area contributed by atoms with Gasteiger partial charge in [0.2, 0.25) is 0 Å². The molecule has 0 N–H and O–H groups in total. The first-order valence-electron chi connectivity index (χ1n) is 4.11. The van der Waals surface area contributed by atoms with Crippen LogP contribution in [0, 0.1) is 0 Å². The molecule has 1 aliphatic carbocycles. The Morgan fingerprint density at radius 3 is 2.80 bits per heavy atom. The van der Waals surface area contributed by atoms with E-state index in [9.17, 15) is 0 Å². The molecule has 0 amide bonds. The SMILES string of the molecule is CC(C)S[C@@H]1C=CCCC1. The van der Waals surface area contributed by atoms with Crippen molar-refractivity contribution in [2.24, 2.45) is 0 Å². The average molecular weight is 156 g/mol. The van der Waals surface area contributed by atoms with Crippen molar-refractivity contribution in [2.45, 2.75) is 43.6 Å². The summed E-state index contributed by atoms with van der Waals surface area (Å²) in [5, 5.41) is 1.60. The Hall–Kier alpha value is 0.0900. The Labute approximate surface area is 68.1 Å². The molecule has 0 bridgehead atoms. The molecule has 0 saturated heterocycles. The first-order chi connectivity index (χ1) is 4.79. The predicted octanol–water partition coefficient (Wildman–Crippen LogP) is 3.24. The molecule has 0 heterocycles. The lowest BCUT2D eigenvalue weighted by Gasteiger charge is -2.17. The minimum absolute atomic E-state index is 0.785. The summed E-state index contributed by atoms with van der Waals surface area (Å²) in [5.41, 5.74) is 0. The van der Waals surface area contributed by atoms with E-state index >= 15 is 0 Å². The van der Waals surface area contributed by atoms with E-state index in [1.165, 1.54) is 19.3 Å². The van der Waals surface area contributed by atoms with Gasteiger partial charge in [-0.05, 0) is 24.5 Å². The fourth-order valence-corrected chi connectivity index (χ4v) is 2.45. The lowest BCUT2D eigenvalue weighted by molar-refractivity contribution is 0.739. The van der Waals surface area contributed by atoms with Crippen LogP contribution in [0.2, 0.25) is 0 Å². The summed E-state index contributed by atoms with van der Waals surface area (Å²) < 4.78 is 0. The second kappa shape index (κ2) is 4.07. The largest absolute Gasteiger partial charge is 0.152 e. The van der Waals surface area contributed by atoms with Crippen LogP contribution in [0.3, 0.4) is 0 Å². The third kappa shape index (κ3) is 2.78. The molecule has 0 spiro atoms. The van der Waals surface area contributed by atoms with Crippen LogP contribution >= 0.6 is 11.8 Å². The molecule has 0 fully saturated rings. The lowest BCUT2D eigenvalue weighted by atomic mass is 10.1. The average Bonchev–Trinajstić information content (AvgIpc) is 1.88. The molecule has 58 valence electrons. The Bertz CT molecular complexity index is 116. The maximum atomic E-state index is 2.37. The summed E-state index contributed by atoms with van der Waals surface area (Å²) >= 11 is 2.09. The number of allylic oxidation sites excluding steroid dienone is 1. The van der Waals surface area contributed by atoms with Crippen LogP contribution in [0.1, 0.15) is 33.1 Å². The van der Waals surface area contributed by atoms with E-state index in [1.807, 2.05) is 0 Å². The van der Waals surface area contributed by atoms with E-state index in [1.54, 1.807) is 0 Å². The van der Waals surface area contributed by atoms with Crippen LogP contribution in [-0.4, -0.2) is 10.5 Å². The third-order valence-corrected chi connectivity index (χ3v) is 2.94. The topological polar surface area (TPSA) is 0 Å². The first kappa shape index (κ1) is 8.19. The maximum absolute atomic E-state index is 2.37. The molecule has 1 heteroatoms. The summed E-state index contributed by atoms with van der Waals surface area (Å²) in [5.74, 6) is 0. The molecule has 10 heavy (non-hydrogen) atoms. The van der Waals surface area contributed by atoms with Gasteiger partial charge in [-0.2, -0.15) is 11.8 Å². The summed E-state index contributed by atoms with van der Waals surface area (Å²) in [6.45, 7) is 4.54. The molecule has 1 aliphatic rings. The molecule has 0 aromatic heterocycles. The van der Waals surface area contributed by atoms with Crippen molar-refractivity contribution in [3.05, 3.63) is 12.2 Å². The van der Waals surface area contributed by atoms with Crippen LogP contribution in [0.4, 0.5) is 0 Å². The lowest BCUT2D eigenvalue weighted by Crippen LogP contribution is -2.05. The van der Waals surface area contributed by atoms with E-state index < -0.39 is 0 Å². The van der Waals surface area contributed by atoms with Gasteiger partial charge in [-0.15, -0.1) is 0 Å². The Morgan fingerprint density at radius 2 is 2.30 bits per heavy atom. The number of hydrogen-bond donors (Lipinski definition) is 0. The fraction of sp³-hybridized carbons (Fsp3) is 0.778. The van der Waals surface area contributed by atoms with Gasteiger partial charge in [0.25, 0.3) is 0 Å². The zero-order valence-corrected chi connectivity index (χ0v) is 7.66. The number of rotatable bonds is 2. The number of thioether (sulfide) groups is 1. The first-order valence-corrected chi connectivity index (χ1v) is 5.05. The van der Waals surface area contributed by atoms with E-state index in [4.69, 9.17) is 0 Å². The van der Waals surface area contributed by atoms with Crippen LogP contribution in [-0.2, 0) is 0 Å². The van der Waals surface area contributed by atoms with Crippen molar-refractivity contribution in [3.63, 3.8) is 0 Å². The molecule has 0 radical (unpaired) electrons. The van der Waals surface area contributed by atoms with E-state index in [0.29, 0.717) is 0 Å². The van der Waals surface area contributed by atoms with Gasteiger partial charge < -0.3 is 0 Å². The summed E-state index contributed by atoms with van der Waals surface area (Å²) in [4.78, 5) is 0. The van der Waals surface area contributed by atoms with Crippen molar-refractivity contribution in [1.29, 1.82) is 0 Å². The van der Waals surface area contributed by atoms with Gasteiger partial charge in [0.05, 0.1) is 0 Å². The van der Waals surface area contributed by atoms with E-state index in [2.05, 4.69) is 37.8 Å². The molecule has 0 aromatic rings. The second-order valence-electron chi connectivity index (χ2n) is 3.08. The molecule has 0 aliphatic heterocycles. The van der Waals surface area contributed by atoms with Gasteiger partial charge >= 0.3 is 0 Å². The summed E-state index contributed by atoms with van der Waals surface area (Å²) in [6.07, 6.45) is 8.77. The summed E-state index contributed by atoms with van der Waals surface area (Å²) in [7, 11) is 0. The van der Waals surface area contributed by atoms with E-state index in [0.717, 1.165) is 10.5 Å². The zero-order valence-electron chi connectivity index (χ0n) is 6.84. The van der Waals surface area contributed by atoms with Crippen molar-refractivity contribution >= 4 is 11.8 Å². The van der Waals surface area contributed by atoms with Gasteiger partial charge in [0, 0.05) is 5.25 Å². The van der Waals surface area contributed by atoms with Gasteiger partial charge in [0.1, 0.15) is 0 Å². The third-order valence-electron chi connectivity index (χ3n) is 1.66. The predicted molar refractivity (Wildman–Crippen MR) is 49.5 cm³/mol. The molecule has 0 unspecified atom stereocenters. The quantitative estimate of drug-likeness (QED) is 0.553. The number of hydrogen-bond acceptors (Lipinski definition) is 1. The van der Waals surface area contributed by atoms with Gasteiger partial charge in [-0.1, -0.05) is 26.0 Å². The normalized spacial score (nSPS) is 25.7. The van der Waals surface area contributed by atoms with Gasteiger partial charge in [-0.3, -0.25) is 0 Å². The van der Waals surface area contributed by atoms with Crippen LogP contribution < -0.4 is 0 Å². The highest BCUT2D eigenvalue weighted by Gasteiger charge is 2.09. The highest BCUT2D eigenvalue weighted by Crippen LogP contribution is 2.26. The van der Waals surface area contributed by atoms with Crippen molar-refractivity contribution in [2.75, 3.05) is 0 Å². The molecule has 0 nitrogen and oxygen atoms in total. The molecule has 1 rings (SSSR count). The minimum Gasteiger partial charge on any atom is -0.152 e. The Morgan fingerprint density at radius 1 is 1.50 bits per heavy atom. The van der Waals surface area contributed by atoms with Crippen molar-refractivity contribution in [1.82, 2.24) is 0 Å².